The van der Waals surface area contributed by atoms with E-state index in [-0.39, 0.29) is 11.8 Å². The number of hydrogen-bond donors (Lipinski definition) is 0. The van der Waals surface area contributed by atoms with Gasteiger partial charge in [-0.3, -0.25) is 14.5 Å². The summed E-state index contributed by atoms with van der Waals surface area (Å²) in [7, 11) is 0. The lowest BCUT2D eigenvalue weighted by molar-refractivity contribution is -0.124. The monoisotopic (exact) mass is 400 g/mol. The summed E-state index contributed by atoms with van der Waals surface area (Å²) in [6.07, 6.45) is 4.10. The number of piperidine rings is 1. The predicted molar refractivity (Wildman–Crippen MR) is 116 cm³/mol. The first-order chi connectivity index (χ1) is 13.8. The van der Waals surface area contributed by atoms with Crippen LogP contribution < -0.4 is 4.90 Å². The Bertz CT molecular complexity index is 693. The van der Waals surface area contributed by atoms with Crippen molar-refractivity contribution in [3.05, 3.63) is 23.9 Å². The van der Waals surface area contributed by atoms with Gasteiger partial charge in [-0.1, -0.05) is 13.8 Å². The smallest absolute Gasteiger partial charge is 0.255 e. The number of Topliss-reactive ketones (excluding diaryl/α,β-unsaturated/α-hetero) is 1. The van der Waals surface area contributed by atoms with Gasteiger partial charge in [0.15, 0.2) is 0 Å². The van der Waals surface area contributed by atoms with Gasteiger partial charge in [-0.2, -0.15) is 0 Å². The molecular weight excluding hydrogens is 364 g/mol. The van der Waals surface area contributed by atoms with E-state index in [1.54, 1.807) is 6.20 Å². The Hall–Kier alpha value is -1.95. The van der Waals surface area contributed by atoms with Crippen molar-refractivity contribution in [2.75, 3.05) is 44.2 Å². The van der Waals surface area contributed by atoms with Gasteiger partial charge in [0.25, 0.3) is 5.91 Å². The second-order valence-electron chi connectivity index (χ2n) is 9.18. The van der Waals surface area contributed by atoms with Crippen LogP contribution in [0.3, 0.4) is 0 Å². The van der Waals surface area contributed by atoms with E-state index < -0.39 is 0 Å². The van der Waals surface area contributed by atoms with Crippen molar-refractivity contribution >= 4 is 17.5 Å². The number of nitrogens with zero attached hydrogens (tertiary/aromatic N) is 4. The third kappa shape index (κ3) is 5.56. The van der Waals surface area contributed by atoms with Crippen molar-refractivity contribution < 1.29 is 9.59 Å². The average molecular weight is 401 g/mol. The van der Waals surface area contributed by atoms with Gasteiger partial charge in [0.05, 0.1) is 5.56 Å². The number of anilines is 1. The summed E-state index contributed by atoms with van der Waals surface area (Å²) in [6, 6.07) is 4.42. The van der Waals surface area contributed by atoms with E-state index in [1.807, 2.05) is 17.0 Å². The van der Waals surface area contributed by atoms with E-state index in [0.717, 1.165) is 51.4 Å². The fourth-order valence-electron chi connectivity index (χ4n) is 4.34. The number of pyridine rings is 1. The minimum absolute atomic E-state index is 0.00396. The van der Waals surface area contributed by atoms with E-state index in [2.05, 4.69) is 42.5 Å². The second kappa shape index (κ2) is 9.70. The highest BCUT2D eigenvalue weighted by atomic mass is 16.2. The maximum Gasteiger partial charge on any atom is 0.255 e. The number of ketones is 1. The van der Waals surface area contributed by atoms with Gasteiger partial charge >= 0.3 is 0 Å². The molecule has 0 spiro atoms. The second-order valence-corrected chi connectivity index (χ2v) is 9.18. The molecule has 0 aromatic carbocycles. The van der Waals surface area contributed by atoms with Gasteiger partial charge < -0.3 is 9.80 Å². The summed E-state index contributed by atoms with van der Waals surface area (Å²) >= 11 is 0. The third-order valence-corrected chi connectivity index (χ3v) is 6.14. The zero-order chi connectivity index (χ0) is 21.0. The summed E-state index contributed by atoms with van der Waals surface area (Å²) in [5.41, 5.74) is 0.617. The number of piperazine rings is 1. The highest BCUT2D eigenvalue weighted by Crippen LogP contribution is 2.22. The van der Waals surface area contributed by atoms with Crippen LogP contribution in [-0.4, -0.2) is 71.8 Å². The largest absolute Gasteiger partial charge is 0.354 e. The topological polar surface area (TPSA) is 56.8 Å². The number of amides is 1. The number of hydrogen-bond acceptors (Lipinski definition) is 5. The van der Waals surface area contributed by atoms with Gasteiger partial charge in [0.2, 0.25) is 0 Å². The predicted octanol–water partition coefficient (Wildman–Crippen LogP) is 3.08. The lowest BCUT2D eigenvalue weighted by Crippen LogP contribution is -2.49. The Labute approximate surface area is 175 Å². The molecule has 2 saturated heterocycles. The normalized spacial score (nSPS) is 21.1. The van der Waals surface area contributed by atoms with Crippen molar-refractivity contribution in [1.82, 2.24) is 14.8 Å². The van der Waals surface area contributed by atoms with Crippen LogP contribution in [0.25, 0.3) is 0 Å². The zero-order valence-electron chi connectivity index (χ0n) is 18.4. The molecule has 2 aliphatic rings. The van der Waals surface area contributed by atoms with Crippen LogP contribution in [0.1, 0.15) is 57.3 Å². The van der Waals surface area contributed by atoms with Gasteiger partial charge in [-0.25, -0.2) is 4.98 Å². The molecule has 2 fully saturated rings. The Morgan fingerprint density at radius 2 is 1.79 bits per heavy atom. The Morgan fingerprint density at radius 1 is 1.07 bits per heavy atom. The third-order valence-electron chi connectivity index (χ3n) is 6.14. The molecule has 0 unspecified atom stereocenters. The summed E-state index contributed by atoms with van der Waals surface area (Å²) < 4.78 is 0. The number of likely N-dealkylation sites (tertiary alicyclic amines) is 1. The number of carbonyl (C=O) groups excluding carboxylic acids is 2. The molecule has 0 bridgehead atoms. The SMILES string of the molecule is CC(C)CC(=O)[C@H]1CCCN(C(=O)c2ccc(N3CCN(C(C)C)CC3)nc2)C1. The van der Waals surface area contributed by atoms with Crippen LogP contribution in [0, 0.1) is 11.8 Å². The van der Waals surface area contributed by atoms with E-state index in [1.165, 1.54) is 0 Å². The van der Waals surface area contributed by atoms with Crippen LogP contribution in [0.2, 0.25) is 0 Å². The minimum atomic E-state index is -0.0143. The number of aromatic nitrogens is 1. The molecular formula is C23H36N4O2. The van der Waals surface area contributed by atoms with E-state index in [9.17, 15) is 9.59 Å². The van der Waals surface area contributed by atoms with Gasteiger partial charge in [-0.05, 0) is 44.7 Å². The van der Waals surface area contributed by atoms with Crippen molar-refractivity contribution in [3.63, 3.8) is 0 Å². The highest BCUT2D eigenvalue weighted by molar-refractivity contribution is 5.94. The summed E-state index contributed by atoms with van der Waals surface area (Å²) in [5, 5.41) is 0. The average Bonchev–Trinajstić information content (AvgIpc) is 2.73. The van der Waals surface area contributed by atoms with Gasteiger partial charge in [0.1, 0.15) is 11.6 Å². The molecule has 3 heterocycles. The van der Waals surface area contributed by atoms with E-state index >= 15 is 0 Å². The molecule has 3 rings (SSSR count). The molecule has 0 N–H and O–H groups in total. The first-order valence-corrected chi connectivity index (χ1v) is 11.1. The van der Waals surface area contributed by atoms with E-state index in [4.69, 9.17) is 0 Å². The summed E-state index contributed by atoms with van der Waals surface area (Å²) in [6.45, 7) is 13.9. The van der Waals surface area contributed by atoms with Crippen LogP contribution in [0.4, 0.5) is 5.82 Å². The van der Waals surface area contributed by atoms with E-state index in [0.29, 0.717) is 36.3 Å². The van der Waals surface area contributed by atoms with Gasteiger partial charge in [-0.15, -0.1) is 0 Å². The summed E-state index contributed by atoms with van der Waals surface area (Å²) in [5.74, 6) is 1.59. The van der Waals surface area contributed by atoms with Crippen LogP contribution in [0.15, 0.2) is 18.3 Å². The fourth-order valence-corrected chi connectivity index (χ4v) is 4.34. The fraction of sp³-hybridized carbons (Fsp3) is 0.696. The lowest BCUT2D eigenvalue weighted by Gasteiger charge is -2.37. The molecule has 0 aliphatic carbocycles. The number of carbonyl (C=O) groups is 2. The van der Waals surface area contributed by atoms with Crippen molar-refractivity contribution in [1.29, 1.82) is 0 Å². The van der Waals surface area contributed by atoms with Gasteiger partial charge in [0, 0.05) is 63.8 Å². The molecule has 1 aromatic heterocycles. The Morgan fingerprint density at radius 3 is 2.38 bits per heavy atom. The maximum atomic E-state index is 12.9. The van der Waals surface area contributed by atoms with Crippen LogP contribution in [-0.2, 0) is 4.79 Å². The molecule has 1 atom stereocenters. The Balaban J connectivity index is 1.58. The van der Waals surface area contributed by atoms with Crippen LogP contribution in [0.5, 0.6) is 0 Å². The van der Waals surface area contributed by atoms with Crippen molar-refractivity contribution in [3.8, 4) is 0 Å². The van der Waals surface area contributed by atoms with Crippen molar-refractivity contribution in [2.45, 2.75) is 53.0 Å². The molecule has 1 aromatic rings. The van der Waals surface area contributed by atoms with Crippen molar-refractivity contribution in [2.24, 2.45) is 11.8 Å². The molecule has 6 nitrogen and oxygen atoms in total. The Kier molecular flexibility index (Phi) is 7.28. The standard InChI is InChI=1S/C23H36N4O2/c1-17(2)14-21(28)20-6-5-9-27(16-20)23(29)19-7-8-22(24-15-19)26-12-10-25(11-13-26)18(3)4/h7-8,15,17-18,20H,5-6,9-14,16H2,1-4H3/t20-/m0/s1. The van der Waals surface area contributed by atoms with Crippen LogP contribution >= 0.6 is 0 Å². The minimum Gasteiger partial charge on any atom is -0.354 e. The summed E-state index contributed by atoms with van der Waals surface area (Å²) in [4.78, 5) is 36.6. The highest BCUT2D eigenvalue weighted by Gasteiger charge is 2.29. The first kappa shape index (κ1) is 21.8. The molecule has 29 heavy (non-hydrogen) atoms. The quantitative estimate of drug-likeness (QED) is 0.734. The lowest BCUT2D eigenvalue weighted by atomic mass is 9.89. The maximum absolute atomic E-state index is 12.9. The molecule has 0 saturated carbocycles. The number of rotatable bonds is 6. The zero-order valence-corrected chi connectivity index (χ0v) is 18.4. The molecule has 6 heteroatoms. The molecule has 0 radical (unpaired) electrons. The molecule has 1 amide bonds. The molecule has 2 aliphatic heterocycles. The first-order valence-electron chi connectivity index (χ1n) is 11.1. The molecule has 160 valence electrons.